The molecular formula is C12H12ClFN2S. The van der Waals surface area contributed by atoms with Crippen LogP contribution in [-0.4, -0.2) is 0 Å². The third-order valence-electron chi connectivity index (χ3n) is 2.53. The van der Waals surface area contributed by atoms with Crippen LogP contribution >= 0.6 is 22.9 Å². The predicted molar refractivity (Wildman–Crippen MR) is 69.5 cm³/mol. The molecule has 0 aliphatic carbocycles. The first-order valence-electron chi connectivity index (χ1n) is 5.14. The summed E-state index contributed by atoms with van der Waals surface area (Å²) < 4.78 is 13.4. The molecule has 1 aromatic heterocycles. The number of nitrogens with two attached hydrogens (primary N) is 1. The zero-order valence-electron chi connectivity index (χ0n) is 8.99. The van der Waals surface area contributed by atoms with E-state index >= 15 is 0 Å². The van der Waals surface area contributed by atoms with Gasteiger partial charge in [0.1, 0.15) is 5.82 Å². The molecule has 0 saturated carbocycles. The molecule has 1 aromatic carbocycles. The van der Waals surface area contributed by atoms with Crippen LogP contribution in [0.1, 0.15) is 16.5 Å². The molecule has 0 bridgehead atoms. The lowest BCUT2D eigenvalue weighted by Crippen LogP contribution is -2.29. The largest absolute Gasteiger partial charge is 0.271 e. The molecule has 5 heteroatoms. The third kappa shape index (κ3) is 3.04. The molecule has 90 valence electrons. The second-order valence-corrected chi connectivity index (χ2v) is 5.12. The molecule has 1 unspecified atom stereocenters. The smallest absolute Gasteiger partial charge is 0.142 e. The van der Waals surface area contributed by atoms with E-state index in [1.807, 2.05) is 17.5 Å². The maximum absolute atomic E-state index is 13.4. The molecule has 0 saturated heterocycles. The Labute approximate surface area is 108 Å². The Kier molecular flexibility index (Phi) is 4.12. The van der Waals surface area contributed by atoms with Crippen molar-refractivity contribution in [3.63, 3.8) is 0 Å². The summed E-state index contributed by atoms with van der Waals surface area (Å²) in [5.41, 5.74) is 3.49. The van der Waals surface area contributed by atoms with E-state index < -0.39 is 5.82 Å². The minimum absolute atomic E-state index is 0.111. The topological polar surface area (TPSA) is 38.0 Å². The highest BCUT2D eigenvalue weighted by Crippen LogP contribution is 2.24. The van der Waals surface area contributed by atoms with E-state index in [1.54, 1.807) is 23.5 Å². The van der Waals surface area contributed by atoms with Crippen molar-refractivity contribution in [2.45, 2.75) is 12.5 Å². The van der Waals surface area contributed by atoms with Gasteiger partial charge < -0.3 is 0 Å². The fourth-order valence-electron chi connectivity index (χ4n) is 1.63. The van der Waals surface area contributed by atoms with Crippen LogP contribution in [0.3, 0.4) is 0 Å². The van der Waals surface area contributed by atoms with Gasteiger partial charge in [-0.15, -0.1) is 11.3 Å². The van der Waals surface area contributed by atoms with Crippen molar-refractivity contribution < 1.29 is 4.39 Å². The fourth-order valence-corrected chi connectivity index (χ4v) is 2.50. The van der Waals surface area contributed by atoms with Crippen molar-refractivity contribution in [2.24, 2.45) is 5.84 Å². The van der Waals surface area contributed by atoms with Gasteiger partial charge in [-0.25, -0.2) is 4.39 Å². The fraction of sp³-hybridized carbons (Fsp3) is 0.167. The highest BCUT2D eigenvalue weighted by molar-refractivity contribution is 7.09. The molecule has 0 radical (unpaired) electrons. The van der Waals surface area contributed by atoms with Gasteiger partial charge in [0.05, 0.1) is 11.1 Å². The zero-order chi connectivity index (χ0) is 12.3. The quantitative estimate of drug-likeness (QED) is 0.661. The Hall–Kier alpha value is -0.940. The van der Waals surface area contributed by atoms with Gasteiger partial charge in [0.15, 0.2) is 0 Å². The van der Waals surface area contributed by atoms with Crippen molar-refractivity contribution in [3.05, 3.63) is 57.0 Å². The highest BCUT2D eigenvalue weighted by Gasteiger charge is 2.13. The van der Waals surface area contributed by atoms with Crippen molar-refractivity contribution >= 4 is 22.9 Å². The molecule has 3 N–H and O–H groups in total. The van der Waals surface area contributed by atoms with Crippen LogP contribution in [0.5, 0.6) is 0 Å². The summed E-state index contributed by atoms with van der Waals surface area (Å²) in [4.78, 5) is 1.20. The average molecular weight is 271 g/mol. The molecule has 0 fully saturated rings. The van der Waals surface area contributed by atoms with Crippen molar-refractivity contribution in [1.82, 2.24) is 5.43 Å². The molecule has 2 rings (SSSR count). The minimum atomic E-state index is -0.421. The van der Waals surface area contributed by atoms with Gasteiger partial charge in [0, 0.05) is 11.3 Å². The molecule has 2 nitrogen and oxygen atoms in total. The lowest BCUT2D eigenvalue weighted by atomic mass is 10.0. The molecule has 1 atom stereocenters. The molecule has 0 aliphatic heterocycles. The van der Waals surface area contributed by atoms with E-state index in [1.165, 1.54) is 10.9 Å². The number of hydrogen-bond acceptors (Lipinski definition) is 3. The average Bonchev–Trinajstić information content (AvgIpc) is 2.82. The van der Waals surface area contributed by atoms with Gasteiger partial charge in [0.25, 0.3) is 0 Å². The number of benzene rings is 1. The molecule has 2 aromatic rings. The first-order chi connectivity index (χ1) is 8.20. The van der Waals surface area contributed by atoms with Crippen molar-refractivity contribution in [1.29, 1.82) is 0 Å². The van der Waals surface area contributed by atoms with Crippen LogP contribution in [0.4, 0.5) is 4.39 Å². The Morgan fingerprint density at radius 2 is 2.24 bits per heavy atom. The number of rotatable bonds is 4. The molecule has 0 aliphatic rings. The van der Waals surface area contributed by atoms with Crippen LogP contribution < -0.4 is 11.3 Å². The van der Waals surface area contributed by atoms with Crippen molar-refractivity contribution in [2.75, 3.05) is 0 Å². The highest BCUT2D eigenvalue weighted by atomic mass is 35.5. The zero-order valence-corrected chi connectivity index (χ0v) is 10.6. The van der Waals surface area contributed by atoms with E-state index in [9.17, 15) is 4.39 Å². The van der Waals surface area contributed by atoms with Gasteiger partial charge >= 0.3 is 0 Å². The van der Waals surface area contributed by atoms with E-state index in [4.69, 9.17) is 17.4 Å². The van der Waals surface area contributed by atoms with Gasteiger partial charge in [-0.1, -0.05) is 23.7 Å². The van der Waals surface area contributed by atoms with Crippen LogP contribution in [0.15, 0.2) is 35.7 Å². The van der Waals surface area contributed by atoms with E-state index in [2.05, 4.69) is 5.43 Å². The third-order valence-corrected chi connectivity index (χ3v) is 3.74. The Balaban J connectivity index is 2.20. The predicted octanol–water partition coefficient (Wildman–Crippen LogP) is 3.29. The second kappa shape index (κ2) is 5.60. The normalized spacial score (nSPS) is 12.6. The number of halogens is 2. The summed E-state index contributed by atoms with van der Waals surface area (Å²) in [6.45, 7) is 0. The van der Waals surface area contributed by atoms with Gasteiger partial charge in [-0.3, -0.25) is 11.3 Å². The molecule has 1 heterocycles. The van der Waals surface area contributed by atoms with Crippen LogP contribution in [0.2, 0.25) is 5.02 Å². The van der Waals surface area contributed by atoms with Crippen molar-refractivity contribution in [3.8, 4) is 0 Å². The van der Waals surface area contributed by atoms with Gasteiger partial charge in [-0.05, 0) is 29.1 Å². The molecule has 17 heavy (non-hydrogen) atoms. The number of hydrazine groups is 1. The number of hydrogen-bond donors (Lipinski definition) is 2. The van der Waals surface area contributed by atoms with Crippen LogP contribution in [0.25, 0.3) is 0 Å². The Morgan fingerprint density at radius 1 is 1.41 bits per heavy atom. The summed E-state index contributed by atoms with van der Waals surface area (Å²) in [5, 5.41) is 2.13. The lowest BCUT2D eigenvalue weighted by molar-refractivity contribution is 0.548. The van der Waals surface area contributed by atoms with Gasteiger partial charge in [0.2, 0.25) is 0 Å². The molecule has 0 spiro atoms. The maximum Gasteiger partial charge on any atom is 0.142 e. The van der Waals surface area contributed by atoms with Gasteiger partial charge in [-0.2, -0.15) is 0 Å². The summed E-state index contributed by atoms with van der Waals surface area (Å²) >= 11 is 7.30. The number of nitrogens with one attached hydrogen (secondary N) is 1. The number of thiophene rings is 1. The Bertz CT molecular complexity index is 487. The monoisotopic (exact) mass is 270 g/mol. The maximum atomic E-state index is 13.4. The standard InChI is InChI=1S/C12H12ClFN2S/c13-10-4-3-8(6-11(10)14)12(16-15)7-9-2-1-5-17-9/h1-6,12,16H,7,15H2. The van der Waals surface area contributed by atoms with Crippen LogP contribution in [-0.2, 0) is 6.42 Å². The summed E-state index contributed by atoms with van der Waals surface area (Å²) in [6, 6.07) is 8.65. The Morgan fingerprint density at radius 3 is 2.82 bits per heavy atom. The first kappa shape index (κ1) is 12.5. The molecular weight excluding hydrogens is 259 g/mol. The lowest BCUT2D eigenvalue weighted by Gasteiger charge is -2.15. The van der Waals surface area contributed by atoms with E-state index in [-0.39, 0.29) is 11.1 Å². The van der Waals surface area contributed by atoms with Crippen LogP contribution in [0, 0.1) is 5.82 Å². The summed E-state index contributed by atoms with van der Waals surface area (Å²) in [5.74, 6) is 5.09. The SMILES string of the molecule is NNC(Cc1cccs1)c1ccc(Cl)c(F)c1. The van der Waals surface area contributed by atoms with E-state index in [0.29, 0.717) is 0 Å². The summed E-state index contributed by atoms with van der Waals surface area (Å²) in [6.07, 6.45) is 0.731. The summed E-state index contributed by atoms with van der Waals surface area (Å²) in [7, 11) is 0. The minimum Gasteiger partial charge on any atom is -0.271 e. The second-order valence-electron chi connectivity index (χ2n) is 3.68. The molecule has 0 amide bonds. The van der Waals surface area contributed by atoms with E-state index in [0.717, 1.165) is 12.0 Å². The first-order valence-corrected chi connectivity index (χ1v) is 6.40.